The highest BCUT2D eigenvalue weighted by Crippen LogP contribution is 2.23. The first kappa shape index (κ1) is 24.4. The number of rotatable bonds is 10. The standard InChI is InChI=1S/C18H23F3N2O5S2/c1-13(2)29(24,25)22-8-7-14-3-4-16-12-17(6-5-15(16)11-14)28-10-9-23-30(26,27)18(19,20)21/h3-6,11-13,22-23H,7-10H2,1-2H3. The fourth-order valence-corrected chi connectivity index (χ4v) is 3.69. The van der Waals surface area contributed by atoms with Crippen molar-refractivity contribution in [1.29, 1.82) is 0 Å². The molecular weight excluding hydrogens is 445 g/mol. The van der Waals surface area contributed by atoms with E-state index in [2.05, 4.69) is 4.72 Å². The summed E-state index contributed by atoms with van der Waals surface area (Å²) >= 11 is 0. The quantitative estimate of drug-likeness (QED) is 0.522. The zero-order chi connectivity index (χ0) is 22.6. The van der Waals surface area contributed by atoms with Gasteiger partial charge in [-0.2, -0.15) is 13.2 Å². The summed E-state index contributed by atoms with van der Waals surface area (Å²) < 4.78 is 91.3. The molecule has 0 aliphatic carbocycles. The van der Waals surface area contributed by atoms with Crippen LogP contribution in [0.15, 0.2) is 36.4 Å². The number of sulfonamides is 2. The van der Waals surface area contributed by atoms with Crippen LogP contribution in [0.25, 0.3) is 10.8 Å². The van der Waals surface area contributed by atoms with Crippen molar-refractivity contribution in [2.45, 2.75) is 31.0 Å². The second kappa shape index (κ2) is 9.50. The third-order valence-corrected chi connectivity index (χ3v) is 7.22. The maximum atomic E-state index is 12.2. The van der Waals surface area contributed by atoms with Gasteiger partial charge in [0, 0.05) is 13.1 Å². The predicted molar refractivity (Wildman–Crippen MR) is 108 cm³/mol. The smallest absolute Gasteiger partial charge is 0.492 e. The van der Waals surface area contributed by atoms with Gasteiger partial charge in [0.05, 0.1) is 5.25 Å². The molecule has 0 saturated heterocycles. The molecule has 0 heterocycles. The fourth-order valence-electron chi connectivity index (χ4n) is 2.45. The van der Waals surface area contributed by atoms with Gasteiger partial charge in [0.1, 0.15) is 12.4 Å². The van der Waals surface area contributed by atoms with E-state index in [1.165, 1.54) is 4.72 Å². The molecule has 30 heavy (non-hydrogen) atoms. The summed E-state index contributed by atoms with van der Waals surface area (Å²) in [5.41, 5.74) is -4.42. The number of halogens is 3. The molecular formula is C18H23F3N2O5S2. The first-order valence-electron chi connectivity index (χ1n) is 9.02. The predicted octanol–water partition coefficient (Wildman–Crippen LogP) is 2.53. The topological polar surface area (TPSA) is 102 Å². The molecule has 2 N–H and O–H groups in total. The van der Waals surface area contributed by atoms with E-state index in [1.807, 2.05) is 18.2 Å². The molecule has 7 nitrogen and oxygen atoms in total. The average Bonchev–Trinajstić information content (AvgIpc) is 2.64. The Kier molecular flexibility index (Phi) is 7.72. The Labute approximate surface area is 173 Å². The molecule has 2 aromatic carbocycles. The minimum atomic E-state index is -5.39. The number of hydrogen-bond donors (Lipinski definition) is 2. The maximum absolute atomic E-state index is 12.2. The number of hydrogen-bond acceptors (Lipinski definition) is 5. The van der Waals surface area contributed by atoms with Crippen molar-refractivity contribution in [3.63, 3.8) is 0 Å². The third-order valence-electron chi connectivity index (χ3n) is 4.18. The van der Waals surface area contributed by atoms with Crippen LogP contribution >= 0.6 is 0 Å². The zero-order valence-corrected chi connectivity index (χ0v) is 18.0. The van der Waals surface area contributed by atoms with E-state index in [0.29, 0.717) is 12.2 Å². The summed E-state index contributed by atoms with van der Waals surface area (Å²) in [6, 6.07) is 10.6. The summed E-state index contributed by atoms with van der Waals surface area (Å²) in [7, 11) is -8.70. The minimum Gasteiger partial charge on any atom is -0.492 e. The molecule has 0 aliphatic heterocycles. The Morgan fingerprint density at radius 3 is 2.20 bits per heavy atom. The fraction of sp³-hybridized carbons (Fsp3) is 0.444. The molecule has 0 aliphatic rings. The Hall–Kier alpha value is -1.89. The van der Waals surface area contributed by atoms with Gasteiger partial charge in [0.25, 0.3) is 0 Å². The molecule has 0 amide bonds. The number of alkyl halides is 3. The Bertz CT molecular complexity index is 1080. The van der Waals surface area contributed by atoms with Gasteiger partial charge in [-0.05, 0) is 48.7 Å². The lowest BCUT2D eigenvalue weighted by Crippen LogP contribution is -2.38. The summed E-state index contributed by atoms with van der Waals surface area (Å²) in [5, 5.41) is 1.19. The lowest BCUT2D eigenvalue weighted by atomic mass is 10.0. The molecule has 168 valence electrons. The van der Waals surface area contributed by atoms with E-state index >= 15 is 0 Å². The SMILES string of the molecule is CC(C)S(=O)(=O)NCCc1ccc2cc(OCCNS(=O)(=O)C(F)(F)F)ccc2c1. The third kappa shape index (κ3) is 6.56. The van der Waals surface area contributed by atoms with Gasteiger partial charge in [0.2, 0.25) is 10.0 Å². The van der Waals surface area contributed by atoms with Crippen LogP contribution in [0, 0.1) is 0 Å². The van der Waals surface area contributed by atoms with Crippen LogP contribution in [0.1, 0.15) is 19.4 Å². The van der Waals surface area contributed by atoms with Gasteiger partial charge in [-0.25, -0.2) is 26.3 Å². The van der Waals surface area contributed by atoms with Crippen molar-refractivity contribution in [1.82, 2.24) is 9.44 Å². The highest BCUT2D eigenvalue weighted by Gasteiger charge is 2.45. The van der Waals surface area contributed by atoms with Crippen LogP contribution < -0.4 is 14.2 Å². The first-order chi connectivity index (χ1) is 13.8. The largest absolute Gasteiger partial charge is 0.511 e. The van der Waals surface area contributed by atoms with Crippen LogP contribution in [0.2, 0.25) is 0 Å². The molecule has 2 aromatic rings. The van der Waals surface area contributed by atoms with Crippen molar-refractivity contribution in [2.24, 2.45) is 0 Å². The summed E-state index contributed by atoms with van der Waals surface area (Å²) in [6.45, 7) is 2.69. The Morgan fingerprint density at radius 1 is 0.933 bits per heavy atom. The molecule has 0 bridgehead atoms. The lowest BCUT2D eigenvalue weighted by molar-refractivity contribution is -0.0448. The number of ether oxygens (including phenoxy) is 1. The van der Waals surface area contributed by atoms with E-state index in [-0.39, 0.29) is 13.2 Å². The van der Waals surface area contributed by atoms with E-state index < -0.39 is 37.3 Å². The van der Waals surface area contributed by atoms with Crippen molar-refractivity contribution >= 4 is 30.8 Å². The molecule has 12 heteroatoms. The molecule has 0 saturated carbocycles. The highest BCUT2D eigenvalue weighted by molar-refractivity contribution is 7.90. The van der Waals surface area contributed by atoms with Crippen molar-refractivity contribution < 1.29 is 34.7 Å². The van der Waals surface area contributed by atoms with Crippen molar-refractivity contribution in [2.75, 3.05) is 19.7 Å². The van der Waals surface area contributed by atoms with Gasteiger partial charge in [0.15, 0.2) is 0 Å². The second-order valence-electron chi connectivity index (χ2n) is 6.77. The van der Waals surface area contributed by atoms with Crippen LogP contribution in [0.3, 0.4) is 0 Å². The minimum absolute atomic E-state index is 0.269. The monoisotopic (exact) mass is 468 g/mol. The molecule has 0 spiro atoms. The van der Waals surface area contributed by atoms with Crippen molar-refractivity contribution in [3.05, 3.63) is 42.0 Å². The van der Waals surface area contributed by atoms with Gasteiger partial charge in [-0.1, -0.05) is 24.3 Å². The summed E-state index contributed by atoms with van der Waals surface area (Å²) in [5.74, 6) is 0.381. The first-order valence-corrected chi connectivity index (χ1v) is 12.0. The van der Waals surface area contributed by atoms with Gasteiger partial charge >= 0.3 is 15.5 Å². The lowest BCUT2D eigenvalue weighted by Gasteiger charge is -2.11. The average molecular weight is 469 g/mol. The van der Waals surface area contributed by atoms with Crippen molar-refractivity contribution in [3.8, 4) is 5.75 Å². The van der Waals surface area contributed by atoms with Gasteiger partial charge in [-0.15, -0.1) is 0 Å². The summed E-state index contributed by atoms with van der Waals surface area (Å²) in [6.07, 6.45) is 0.513. The maximum Gasteiger partial charge on any atom is 0.511 e. The zero-order valence-electron chi connectivity index (χ0n) is 16.4. The van der Waals surface area contributed by atoms with Crippen LogP contribution in [0.4, 0.5) is 13.2 Å². The second-order valence-corrected chi connectivity index (χ2v) is 10.9. The van der Waals surface area contributed by atoms with Crippen LogP contribution in [-0.2, 0) is 26.5 Å². The highest BCUT2D eigenvalue weighted by atomic mass is 32.2. The Balaban J connectivity index is 1.92. The number of benzene rings is 2. The van der Waals surface area contributed by atoms with E-state index in [4.69, 9.17) is 4.74 Å². The van der Waals surface area contributed by atoms with Crippen LogP contribution in [-0.4, -0.2) is 47.3 Å². The molecule has 2 rings (SSSR count). The Morgan fingerprint density at radius 2 is 1.57 bits per heavy atom. The molecule has 0 radical (unpaired) electrons. The summed E-state index contributed by atoms with van der Waals surface area (Å²) in [4.78, 5) is 0. The van der Waals surface area contributed by atoms with E-state index in [9.17, 15) is 30.0 Å². The molecule has 0 unspecified atom stereocenters. The van der Waals surface area contributed by atoms with Gasteiger partial charge in [-0.3, -0.25) is 0 Å². The van der Waals surface area contributed by atoms with E-state index in [1.54, 1.807) is 32.0 Å². The van der Waals surface area contributed by atoms with E-state index in [0.717, 1.165) is 16.3 Å². The normalized spacial score (nSPS) is 13.1. The molecule has 0 atom stereocenters. The molecule has 0 fully saturated rings. The number of fused-ring (bicyclic) bond motifs is 1. The molecule has 0 aromatic heterocycles. The number of nitrogens with one attached hydrogen (secondary N) is 2. The van der Waals surface area contributed by atoms with Crippen LogP contribution in [0.5, 0.6) is 5.75 Å². The van der Waals surface area contributed by atoms with Gasteiger partial charge < -0.3 is 4.74 Å².